The quantitative estimate of drug-likeness (QED) is 0.346. The highest BCUT2D eigenvalue weighted by Gasteiger charge is 2.21. The van der Waals surface area contributed by atoms with Crippen molar-refractivity contribution in [1.29, 1.82) is 0 Å². The van der Waals surface area contributed by atoms with Crippen molar-refractivity contribution < 1.29 is 5.11 Å². The van der Waals surface area contributed by atoms with Crippen LogP contribution in [0.3, 0.4) is 0 Å². The summed E-state index contributed by atoms with van der Waals surface area (Å²) in [4.78, 5) is 12.2. The van der Waals surface area contributed by atoms with Crippen LogP contribution < -0.4 is 10.2 Å². The zero-order chi connectivity index (χ0) is 19.8. The topological polar surface area (TPSA) is 54.3 Å². The van der Waals surface area contributed by atoms with Gasteiger partial charge in [-0.2, -0.15) is 0 Å². The maximum Gasteiger partial charge on any atom is 0.194 e. The van der Waals surface area contributed by atoms with Gasteiger partial charge in [-0.3, -0.25) is 4.99 Å². The summed E-state index contributed by atoms with van der Waals surface area (Å²) >= 11 is 0. The normalized spacial score (nSPS) is 19.6. The number of piperazine rings is 1. The first-order valence-corrected chi connectivity index (χ1v) is 11.0. The molecule has 1 unspecified atom stereocenters. The van der Waals surface area contributed by atoms with Gasteiger partial charge in [0, 0.05) is 45.8 Å². The summed E-state index contributed by atoms with van der Waals surface area (Å²) in [6.07, 6.45) is 4.08. The second kappa shape index (κ2) is 12.5. The molecule has 0 spiro atoms. The lowest BCUT2D eigenvalue weighted by atomic mass is 10.1. The number of phenolic OH excluding ortho intramolecular Hbond substituents is 1. The van der Waals surface area contributed by atoms with Gasteiger partial charge < -0.3 is 25.1 Å². The predicted octanol–water partition coefficient (Wildman–Crippen LogP) is 3.22. The van der Waals surface area contributed by atoms with Gasteiger partial charge in [0.15, 0.2) is 5.96 Å². The van der Waals surface area contributed by atoms with Gasteiger partial charge in [-0.1, -0.05) is 25.5 Å². The number of guanidine groups is 1. The number of anilines is 1. The first kappa shape index (κ1) is 24.1. The van der Waals surface area contributed by atoms with Crippen LogP contribution >= 0.6 is 24.0 Å². The molecule has 0 saturated carbocycles. The number of nitrogens with zero attached hydrogens (tertiary/aromatic N) is 4. The average Bonchev–Trinajstić information content (AvgIpc) is 2.72. The number of benzene rings is 1. The van der Waals surface area contributed by atoms with E-state index in [1.165, 1.54) is 32.4 Å². The van der Waals surface area contributed by atoms with E-state index in [9.17, 15) is 5.11 Å². The molecule has 0 aromatic heterocycles. The number of phenols is 1. The van der Waals surface area contributed by atoms with Crippen LogP contribution in [-0.4, -0.2) is 79.8 Å². The van der Waals surface area contributed by atoms with E-state index in [0.29, 0.717) is 11.7 Å². The average molecular weight is 515 g/mol. The summed E-state index contributed by atoms with van der Waals surface area (Å²) in [7, 11) is 0. The Kier molecular flexibility index (Phi) is 10.3. The standard InChI is InChI=1S/C22H37N5O.HI/c1-3-23-22(24-17-19(2)18-25-11-7-4-8-12-25)27-15-13-26(14-16-27)20-9-5-6-10-21(20)28;/h5-6,9-10,19,28H,3-4,7-8,11-18H2,1-2H3,(H,23,24);1H. The summed E-state index contributed by atoms with van der Waals surface area (Å²) in [6, 6.07) is 7.61. The highest BCUT2D eigenvalue weighted by atomic mass is 127. The van der Waals surface area contributed by atoms with Crippen LogP contribution in [0.4, 0.5) is 5.69 Å². The van der Waals surface area contributed by atoms with Crippen LogP contribution in [0.2, 0.25) is 0 Å². The monoisotopic (exact) mass is 515 g/mol. The minimum atomic E-state index is 0. The third kappa shape index (κ3) is 7.20. The van der Waals surface area contributed by atoms with E-state index in [1.807, 2.05) is 18.2 Å². The van der Waals surface area contributed by atoms with Crippen molar-refractivity contribution in [3.05, 3.63) is 24.3 Å². The second-order valence-corrected chi connectivity index (χ2v) is 8.12. The molecule has 2 heterocycles. The summed E-state index contributed by atoms with van der Waals surface area (Å²) in [5.41, 5.74) is 0.930. The Morgan fingerprint density at radius 2 is 1.76 bits per heavy atom. The van der Waals surface area contributed by atoms with Crippen LogP contribution in [-0.2, 0) is 0 Å². The Balaban J connectivity index is 0.00000300. The zero-order valence-electron chi connectivity index (χ0n) is 18.0. The highest BCUT2D eigenvalue weighted by molar-refractivity contribution is 14.0. The maximum absolute atomic E-state index is 10.1. The molecule has 1 aromatic rings. The van der Waals surface area contributed by atoms with Gasteiger partial charge in [-0.25, -0.2) is 0 Å². The Morgan fingerprint density at radius 3 is 2.41 bits per heavy atom. The molecule has 0 aliphatic carbocycles. The molecule has 2 fully saturated rings. The smallest absolute Gasteiger partial charge is 0.194 e. The van der Waals surface area contributed by atoms with Crippen molar-refractivity contribution in [2.45, 2.75) is 33.1 Å². The molecule has 2 aliphatic rings. The third-order valence-corrected chi connectivity index (χ3v) is 5.71. The van der Waals surface area contributed by atoms with Crippen molar-refractivity contribution in [2.24, 2.45) is 10.9 Å². The van der Waals surface area contributed by atoms with Crippen molar-refractivity contribution in [2.75, 3.05) is 63.8 Å². The van der Waals surface area contributed by atoms with Crippen LogP contribution in [0.5, 0.6) is 5.75 Å². The fourth-order valence-electron chi connectivity index (χ4n) is 4.20. The lowest BCUT2D eigenvalue weighted by molar-refractivity contribution is 0.202. The lowest BCUT2D eigenvalue weighted by Gasteiger charge is -2.38. The van der Waals surface area contributed by atoms with E-state index in [-0.39, 0.29) is 24.0 Å². The number of para-hydroxylation sites is 2. The number of aromatic hydroxyl groups is 1. The van der Waals surface area contributed by atoms with E-state index in [4.69, 9.17) is 4.99 Å². The van der Waals surface area contributed by atoms with E-state index in [0.717, 1.165) is 57.5 Å². The molecule has 7 heteroatoms. The van der Waals surface area contributed by atoms with E-state index in [1.54, 1.807) is 6.07 Å². The van der Waals surface area contributed by atoms with Crippen molar-refractivity contribution in [1.82, 2.24) is 15.1 Å². The van der Waals surface area contributed by atoms with Crippen molar-refractivity contribution in [3.63, 3.8) is 0 Å². The predicted molar refractivity (Wildman–Crippen MR) is 133 cm³/mol. The minimum absolute atomic E-state index is 0. The third-order valence-electron chi connectivity index (χ3n) is 5.71. The van der Waals surface area contributed by atoms with E-state index >= 15 is 0 Å². The lowest BCUT2D eigenvalue weighted by Crippen LogP contribution is -2.52. The van der Waals surface area contributed by atoms with Gasteiger partial charge in [0.1, 0.15) is 5.75 Å². The fraction of sp³-hybridized carbons (Fsp3) is 0.682. The fourth-order valence-corrected chi connectivity index (χ4v) is 4.20. The molecule has 1 atom stereocenters. The molecule has 6 nitrogen and oxygen atoms in total. The number of likely N-dealkylation sites (tertiary alicyclic amines) is 1. The van der Waals surface area contributed by atoms with Gasteiger partial charge in [0.05, 0.1) is 5.69 Å². The molecule has 1 aromatic carbocycles. The van der Waals surface area contributed by atoms with Gasteiger partial charge >= 0.3 is 0 Å². The van der Waals surface area contributed by atoms with Crippen LogP contribution in [0, 0.1) is 5.92 Å². The van der Waals surface area contributed by atoms with E-state index < -0.39 is 0 Å². The second-order valence-electron chi connectivity index (χ2n) is 8.12. The van der Waals surface area contributed by atoms with E-state index in [2.05, 4.69) is 33.9 Å². The summed E-state index contributed by atoms with van der Waals surface area (Å²) in [5, 5.41) is 13.6. The largest absolute Gasteiger partial charge is 0.506 e. The molecule has 0 radical (unpaired) electrons. The number of piperidine rings is 1. The van der Waals surface area contributed by atoms with Crippen molar-refractivity contribution >= 4 is 35.6 Å². The number of nitrogens with one attached hydrogen (secondary N) is 1. The zero-order valence-corrected chi connectivity index (χ0v) is 20.3. The Bertz CT molecular complexity index is 627. The SMILES string of the molecule is CCNC(=NCC(C)CN1CCCCC1)N1CCN(c2ccccc2O)CC1.I. The molecule has 3 rings (SSSR count). The first-order chi connectivity index (χ1) is 13.7. The maximum atomic E-state index is 10.1. The van der Waals surface area contributed by atoms with Gasteiger partial charge in [-0.15, -0.1) is 24.0 Å². The van der Waals surface area contributed by atoms with Crippen LogP contribution in [0.15, 0.2) is 29.3 Å². The highest BCUT2D eigenvalue weighted by Crippen LogP contribution is 2.27. The number of rotatable bonds is 6. The Labute approximate surface area is 193 Å². The summed E-state index contributed by atoms with van der Waals surface area (Å²) < 4.78 is 0. The molecular weight excluding hydrogens is 477 g/mol. The van der Waals surface area contributed by atoms with Crippen LogP contribution in [0.25, 0.3) is 0 Å². The number of hydrogen-bond acceptors (Lipinski definition) is 4. The summed E-state index contributed by atoms with van der Waals surface area (Å²) in [6.45, 7) is 13.5. The summed E-state index contributed by atoms with van der Waals surface area (Å²) in [5.74, 6) is 1.97. The van der Waals surface area contributed by atoms with Crippen LogP contribution in [0.1, 0.15) is 33.1 Å². The number of hydrogen-bond donors (Lipinski definition) is 2. The Hall–Kier alpha value is -1.22. The molecule has 0 bridgehead atoms. The minimum Gasteiger partial charge on any atom is -0.506 e. The van der Waals surface area contributed by atoms with Crippen molar-refractivity contribution in [3.8, 4) is 5.75 Å². The molecule has 164 valence electrons. The van der Waals surface area contributed by atoms with Gasteiger partial charge in [0.25, 0.3) is 0 Å². The molecule has 2 saturated heterocycles. The molecule has 29 heavy (non-hydrogen) atoms. The molecule has 2 aliphatic heterocycles. The number of halogens is 1. The first-order valence-electron chi connectivity index (χ1n) is 11.0. The van der Waals surface area contributed by atoms with Gasteiger partial charge in [-0.05, 0) is 50.9 Å². The molecular formula is C22H38IN5O. The number of aliphatic imine (C=N–C) groups is 1. The molecule has 0 amide bonds. The Morgan fingerprint density at radius 1 is 1.07 bits per heavy atom. The molecule has 2 N–H and O–H groups in total. The van der Waals surface area contributed by atoms with Gasteiger partial charge in [0.2, 0.25) is 0 Å².